The highest BCUT2D eigenvalue weighted by Gasteiger charge is 2.05. The van der Waals surface area contributed by atoms with Gasteiger partial charge in [-0.1, -0.05) is 11.6 Å². The van der Waals surface area contributed by atoms with E-state index in [9.17, 15) is 0 Å². The van der Waals surface area contributed by atoms with E-state index in [0.29, 0.717) is 5.02 Å². The molecule has 0 atom stereocenters. The second kappa shape index (κ2) is 5.59. The summed E-state index contributed by atoms with van der Waals surface area (Å²) < 4.78 is 5.99. The molecule has 0 spiro atoms. The number of aromatic nitrogens is 1. The second-order valence-electron chi connectivity index (χ2n) is 3.79. The summed E-state index contributed by atoms with van der Waals surface area (Å²) in [7, 11) is 1.65. The molecule has 1 heterocycles. The Morgan fingerprint density at radius 3 is 2.72 bits per heavy atom. The molecule has 0 radical (unpaired) electrons. The smallest absolute Gasteiger partial charge is 0.144 e. The number of benzene rings is 1. The Labute approximate surface area is 119 Å². The van der Waals surface area contributed by atoms with Gasteiger partial charge in [0.15, 0.2) is 0 Å². The third-order valence-electron chi connectivity index (χ3n) is 2.49. The number of nitrogens with one attached hydrogen (secondary N) is 1. The first-order valence-corrected chi connectivity index (χ1v) is 6.50. The van der Waals surface area contributed by atoms with E-state index in [1.54, 1.807) is 19.4 Å². The van der Waals surface area contributed by atoms with Crippen molar-refractivity contribution in [1.82, 2.24) is 4.98 Å². The van der Waals surface area contributed by atoms with E-state index in [0.717, 1.165) is 27.3 Å². The third-order valence-corrected chi connectivity index (χ3v) is 3.31. The molecule has 1 N–H and O–H groups in total. The average molecular weight is 328 g/mol. The lowest BCUT2D eigenvalue weighted by atomic mass is 10.2. The maximum Gasteiger partial charge on any atom is 0.144 e. The Morgan fingerprint density at radius 1 is 1.33 bits per heavy atom. The minimum atomic E-state index is 0.596. The highest BCUT2D eigenvalue weighted by atomic mass is 79.9. The maximum atomic E-state index is 5.85. The van der Waals surface area contributed by atoms with Crippen LogP contribution in [0.5, 0.6) is 5.75 Å². The summed E-state index contributed by atoms with van der Waals surface area (Å²) in [6, 6.07) is 7.62. The summed E-state index contributed by atoms with van der Waals surface area (Å²) in [4.78, 5) is 4.24. The van der Waals surface area contributed by atoms with Crippen molar-refractivity contribution in [1.29, 1.82) is 0 Å². The van der Waals surface area contributed by atoms with Gasteiger partial charge in [-0.15, -0.1) is 0 Å². The number of hydrogen-bond donors (Lipinski definition) is 1. The number of nitrogens with zero attached hydrogens (tertiary/aromatic N) is 1. The Kier molecular flexibility index (Phi) is 4.09. The predicted molar refractivity (Wildman–Crippen MR) is 78.0 cm³/mol. The van der Waals surface area contributed by atoms with Crippen LogP contribution in [-0.2, 0) is 0 Å². The van der Waals surface area contributed by atoms with E-state index in [1.165, 1.54) is 0 Å². The van der Waals surface area contributed by atoms with Crippen molar-refractivity contribution < 1.29 is 4.74 Å². The van der Waals surface area contributed by atoms with Crippen LogP contribution in [0, 0.1) is 6.92 Å². The lowest BCUT2D eigenvalue weighted by molar-refractivity contribution is 0.414. The summed E-state index contributed by atoms with van der Waals surface area (Å²) in [6.07, 6.45) is 1.60. The minimum absolute atomic E-state index is 0.596. The van der Waals surface area contributed by atoms with Crippen LogP contribution >= 0.6 is 27.5 Å². The molecule has 2 rings (SSSR count). The number of aryl methyl sites for hydroxylation is 1. The maximum absolute atomic E-state index is 5.85. The van der Waals surface area contributed by atoms with Crippen LogP contribution in [0.3, 0.4) is 0 Å². The van der Waals surface area contributed by atoms with Crippen molar-refractivity contribution in [3.05, 3.63) is 45.5 Å². The molecule has 0 amide bonds. The number of halogens is 2. The van der Waals surface area contributed by atoms with Gasteiger partial charge in [-0.25, -0.2) is 4.98 Å². The van der Waals surface area contributed by atoms with Crippen molar-refractivity contribution in [3.63, 3.8) is 0 Å². The number of anilines is 2. The molecule has 1 aromatic heterocycles. The van der Waals surface area contributed by atoms with Crippen LogP contribution in [0.1, 0.15) is 5.56 Å². The molecule has 0 fully saturated rings. The Hall–Kier alpha value is -1.26. The van der Waals surface area contributed by atoms with Crippen LogP contribution in [0.15, 0.2) is 34.9 Å². The first-order chi connectivity index (χ1) is 8.60. The number of methoxy groups -OCH3 is 1. The zero-order valence-electron chi connectivity index (χ0n) is 10.00. The lowest BCUT2D eigenvalue weighted by Crippen LogP contribution is -1.97. The Balaban J connectivity index is 2.28. The highest BCUT2D eigenvalue weighted by Crippen LogP contribution is 2.29. The summed E-state index contributed by atoms with van der Waals surface area (Å²) in [5.74, 6) is 1.56. The van der Waals surface area contributed by atoms with Crippen molar-refractivity contribution in [3.8, 4) is 5.75 Å². The summed E-state index contributed by atoms with van der Waals surface area (Å²) in [5, 5.41) is 3.84. The van der Waals surface area contributed by atoms with E-state index in [4.69, 9.17) is 16.3 Å². The van der Waals surface area contributed by atoms with E-state index in [1.807, 2.05) is 25.1 Å². The molecule has 5 heteroatoms. The first-order valence-electron chi connectivity index (χ1n) is 5.33. The molecule has 3 nitrogen and oxygen atoms in total. The van der Waals surface area contributed by atoms with Crippen molar-refractivity contribution in [2.45, 2.75) is 6.92 Å². The molecule has 0 saturated carbocycles. The SMILES string of the molecule is COc1ccc(Nc2ncc(Cl)cc2Br)c(C)c1. The Morgan fingerprint density at radius 2 is 2.11 bits per heavy atom. The number of pyridine rings is 1. The molecule has 1 aromatic carbocycles. The van der Waals surface area contributed by atoms with Gasteiger partial charge in [-0.3, -0.25) is 0 Å². The average Bonchev–Trinajstić information content (AvgIpc) is 2.34. The van der Waals surface area contributed by atoms with Gasteiger partial charge < -0.3 is 10.1 Å². The summed E-state index contributed by atoms with van der Waals surface area (Å²) in [6.45, 7) is 2.01. The Bertz CT molecular complexity index is 575. The normalized spacial score (nSPS) is 10.2. The fraction of sp³-hybridized carbons (Fsp3) is 0.154. The fourth-order valence-corrected chi connectivity index (χ4v) is 2.28. The molecule has 0 bridgehead atoms. The zero-order chi connectivity index (χ0) is 13.1. The molecular weight excluding hydrogens is 316 g/mol. The van der Waals surface area contributed by atoms with Crippen LogP contribution in [-0.4, -0.2) is 12.1 Å². The number of rotatable bonds is 3. The van der Waals surface area contributed by atoms with Crippen molar-refractivity contribution in [2.75, 3.05) is 12.4 Å². The van der Waals surface area contributed by atoms with Gasteiger partial charge in [-0.2, -0.15) is 0 Å². The number of ether oxygens (including phenoxy) is 1. The molecule has 2 aromatic rings. The predicted octanol–water partition coefficient (Wildman–Crippen LogP) is 4.56. The molecule has 0 aliphatic rings. The molecule has 0 unspecified atom stereocenters. The van der Waals surface area contributed by atoms with Crippen molar-refractivity contribution in [2.24, 2.45) is 0 Å². The quantitative estimate of drug-likeness (QED) is 0.897. The van der Waals surface area contributed by atoms with Crippen molar-refractivity contribution >= 4 is 39.0 Å². The van der Waals surface area contributed by atoms with Gasteiger partial charge in [-0.05, 0) is 52.7 Å². The van der Waals surface area contributed by atoms with Gasteiger partial charge in [0.1, 0.15) is 11.6 Å². The molecule has 0 aliphatic heterocycles. The van der Waals surface area contributed by atoms with Gasteiger partial charge in [0.25, 0.3) is 0 Å². The standard InChI is InChI=1S/C13H12BrClN2O/c1-8-5-10(18-2)3-4-12(8)17-13-11(14)6-9(15)7-16-13/h3-7H,1-2H3,(H,16,17). The fourth-order valence-electron chi connectivity index (χ4n) is 1.54. The van der Waals surface area contributed by atoms with E-state index in [2.05, 4.69) is 26.2 Å². The van der Waals surface area contributed by atoms with Crippen LogP contribution in [0.2, 0.25) is 5.02 Å². The minimum Gasteiger partial charge on any atom is -0.497 e. The molecule has 0 aliphatic carbocycles. The van der Waals surface area contributed by atoms with E-state index >= 15 is 0 Å². The topological polar surface area (TPSA) is 34.1 Å². The van der Waals surface area contributed by atoms with Gasteiger partial charge in [0.05, 0.1) is 16.6 Å². The highest BCUT2D eigenvalue weighted by molar-refractivity contribution is 9.10. The molecule has 18 heavy (non-hydrogen) atoms. The monoisotopic (exact) mass is 326 g/mol. The van der Waals surface area contributed by atoms with Crippen LogP contribution < -0.4 is 10.1 Å². The first kappa shape index (κ1) is 13.2. The second-order valence-corrected chi connectivity index (χ2v) is 5.08. The van der Waals surface area contributed by atoms with Gasteiger partial charge in [0.2, 0.25) is 0 Å². The van der Waals surface area contributed by atoms with Crippen LogP contribution in [0.25, 0.3) is 0 Å². The summed E-state index contributed by atoms with van der Waals surface area (Å²) in [5.41, 5.74) is 2.06. The molecule has 94 valence electrons. The third kappa shape index (κ3) is 2.94. The molecular formula is C13H12BrClN2O. The lowest BCUT2D eigenvalue weighted by Gasteiger charge is -2.11. The zero-order valence-corrected chi connectivity index (χ0v) is 12.3. The number of hydrogen-bond acceptors (Lipinski definition) is 3. The van der Waals surface area contributed by atoms with E-state index < -0.39 is 0 Å². The molecule has 0 saturated heterocycles. The van der Waals surface area contributed by atoms with Gasteiger partial charge >= 0.3 is 0 Å². The van der Waals surface area contributed by atoms with E-state index in [-0.39, 0.29) is 0 Å². The summed E-state index contributed by atoms with van der Waals surface area (Å²) >= 11 is 9.28. The van der Waals surface area contributed by atoms with Gasteiger partial charge in [0, 0.05) is 11.9 Å². The van der Waals surface area contributed by atoms with Crippen LogP contribution in [0.4, 0.5) is 11.5 Å². The largest absolute Gasteiger partial charge is 0.497 e.